The number of fused-ring (bicyclic) bond motifs is 1. The first-order valence-corrected chi connectivity index (χ1v) is 6.71. The Morgan fingerprint density at radius 1 is 1.29 bits per heavy atom. The van der Waals surface area contributed by atoms with Crippen molar-refractivity contribution in [2.75, 3.05) is 13.7 Å². The van der Waals surface area contributed by atoms with Crippen molar-refractivity contribution in [2.45, 2.75) is 13.0 Å². The van der Waals surface area contributed by atoms with Crippen molar-refractivity contribution in [3.63, 3.8) is 0 Å². The van der Waals surface area contributed by atoms with Crippen LogP contribution >= 0.6 is 11.3 Å². The third-order valence-corrected chi connectivity index (χ3v) is 4.12. The molecule has 17 heavy (non-hydrogen) atoms. The van der Waals surface area contributed by atoms with Crippen molar-refractivity contribution in [3.05, 3.63) is 40.8 Å². The van der Waals surface area contributed by atoms with Crippen LogP contribution in [0.4, 0.5) is 0 Å². The van der Waals surface area contributed by atoms with Gasteiger partial charge in [-0.3, -0.25) is 0 Å². The molecule has 0 saturated heterocycles. The largest absolute Gasteiger partial charge is 0.496 e. The SMILES string of the molecule is COc1ccc2c(c1-c1cccs1)CNCC2. The van der Waals surface area contributed by atoms with E-state index in [1.165, 1.54) is 21.6 Å². The summed E-state index contributed by atoms with van der Waals surface area (Å²) in [6.45, 7) is 2.02. The molecule has 1 aromatic heterocycles. The normalized spacial score (nSPS) is 14.4. The van der Waals surface area contributed by atoms with E-state index in [0.717, 1.165) is 25.3 Å². The fourth-order valence-electron chi connectivity index (χ4n) is 2.40. The second-order valence-corrected chi connectivity index (χ2v) is 5.13. The van der Waals surface area contributed by atoms with Gasteiger partial charge in [-0.1, -0.05) is 12.1 Å². The molecule has 2 heterocycles. The lowest BCUT2D eigenvalue weighted by Gasteiger charge is -2.21. The molecule has 1 aliphatic heterocycles. The molecule has 3 heteroatoms. The standard InChI is InChI=1S/C14H15NOS/c1-16-12-5-4-10-6-7-15-9-11(10)14(12)13-3-2-8-17-13/h2-5,8,15H,6-7,9H2,1H3. The predicted octanol–water partition coefficient (Wildman–Crippen LogP) is 3.07. The first kappa shape index (κ1) is 10.8. The lowest BCUT2D eigenvalue weighted by molar-refractivity contribution is 0.415. The molecule has 1 aliphatic rings. The van der Waals surface area contributed by atoms with Crippen molar-refractivity contribution in [1.29, 1.82) is 0 Å². The fourth-order valence-corrected chi connectivity index (χ4v) is 3.21. The lowest BCUT2D eigenvalue weighted by Crippen LogP contribution is -2.24. The Balaban J connectivity index is 2.22. The number of hydrogen-bond acceptors (Lipinski definition) is 3. The predicted molar refractivity (Wildman–Crippen MR) is 71.7 cm³/mol. The maximum absolute atomic E-state index is 5.51. The van der Waals surface area contributed by atoms with E-state index >= 15 is 0 Å². The minimum atomic E-state index is 0.944. The first-order valence-electron chi connectivity index (χ1n) is 5.83. The molecule has 0 unspecified atom stereocenters. The molecule has 3 rings (SSSR count). The van der Waals surface area contributed by atoms with Gasteiger partial charge in [-0.05, 0) is 41.6 Å². The highest BCUT2D eigenvalue weighted by atomic mass is 32.1. The number of ether oxygens (including phenoxy) is 1. The zero-order chi connectivity index (χ0) is 11.7. The van der Waals surface area contributed by atoms with Gasteiger partial charge in [0.1, 0.15) is 5.75 Å². The summed E-state index contributed by atoms with van der Waals surface area (Å²) in [5, 5.41) is 5.56. The summed E-state index contributed by atoms with van der Waals surface area (Å²) in [4.78, 5) is 1.29. The highest BCUT2D eigenvalue weighted by Gasteiger charge is 2.18. The van der Waals surface area contributed by atoms with E-state index in [-0.39, 0.29) is 0 Å². The van der Waals surface area contributed by atoms with Crippen LogP contribution in [0.2, 0.25) is 0 Å². The van der Waals surface area contributed by atoms with E-state index in [1.807, 2.05) is 0 Å². The smallest absolute Gasteiger partial charge is 0.127 e. The molecule has 0 spiro atoms. The van der Waals surface area contributed by atoms with Gasteiger partial charge in [0, 0.05) is 17.0 Å². The molecule has 0 saturated carbocycles. The number of benzene rings is 1. The number of thiophene rings is 1. The summed E-state index contributed by atoms with van der Waals surface area (Å²) in [5.41, 5.74) is 4.12. The van der Waals surface area contributed by atoms with E-state index in [9.17, 15) is 0 Å². The molecule has 0 radical (unpaired) electrons. The molecule has 0 fully saturated rings. The Bertz CT molecular complexity index is 519. The van der Waals surface area contributed by atoms with Crippen molar-refractivity contribution in [1.82, 2.24) is 5.32 Å². The summed E-state index contributed by atoms with van der Waals surface area (Å²) < 4.78 is 5.51. The van der Waals surface area contributed by atoms with Crippen LogP contribution in [0.25, 0.3) is 10.4 Å². The van der Waals surface area contributed by atoms with Crippen LogP contribution in [0, 0.1) is 0 Å². The zero-order valence-electron chi connectivity index (χ0n) is 9.82. The Morgan fingerprint density at radius 2 is 2.24 bits per heavy atom. The van der Waals surface area contributed by atoms with Gasteiger partial charge in [0.05, 0.1) is 7.11 Å². The van der Waals surface area contributed by atoms with Crippen LogP contribution in [0.15, 0.2) is 29.6 Å². The summed E-state index contributed by atoms with van der Waals surface area (Å²) in [6, 6.07) is 8.55. The Morgan fingerprint density at radius 3 is 3.00 bits per heavy atom. The molecule has 0 bridgehead atoms. The molecule has 2 aromatic rings. The molecule has 0 atom stereocenters. The van der Waals surface area contributed by atoms with E-state index in [2.05, 4.69) is 35.0 Å². The van der Waals surface area contributed by atoms with Gasteiger partial charge < -0.3 is 10.1 Å². The second-order valence-electron chi connectivity index (χ2n) is 4.18. The average Bonchev–Trinajstić information content (AvgIpc) is 2.91. The van der Waals surface area contributed by atoms with Crippen molar-refractivity contribution >= 4 is 11.3 Å². The molecule has 2 nitrogen and oxygen atoms in total. The number of rotatable bonds is 2. The monoisotopic (exact) mass is 245 g/mol. The van der Waals surface area contributed by atoms with Gasteiger partial charge in [-0.15, -0.1) is 11.3 Å². The summed E-state index contributed by atoms with van der Waals surface area (Å²) in [6.07, 6.45) is 1.11. The van der Waals surface area contributed by atoms with Gasteiger partial charge in [0.25, 0.3) is 0 Å². The molecular weight excluding hydrogens is 230 g/mol. The third-order valence-electron chi connectivity index (χ3n) is 3.23. The molecule has 88 valence electrons. The Hall–Kier alpha value is -1.32. The number of methoxy groups -OCH3 is 1. The van der Waals surface area contributed by atoms with Crippen LogP contribution in [0.1, 0.15) is 11.1 Å². The van der Waals surface area contributed by atoms with Crippen LogP contribution in [0.3, 0.4) is 0 Å². The van der Waals surface area contributed by atoms with Gasteiger partial charge >= 0.3 is 0 Å². The van der Waals surface area contributed by atoms with Gasteiger partial charge in [0.2, 0.25) is 0 Å². The quantitative estimate of drug-likeness (QED) is 0.878. The Kier molecular flexibility index (Phi) is 2.87. The zero-order valence-corrected chi connectivity index (χ0v) is 10.6. The van der Waals surface area contributed by atoms with E-state index in [4.69, 9.17) is 4.74 Å². The van der Waals surface area contributed by atoms with Gasteiger partial charge in [-0.2, -0.15) is 0 Å². The second kappa shape index (κ2) is 4.51. The summed E-state index contributed by atoms with van der Waals surface area (Å²) >= 11 is 1.77. The van der Waals surface area contributed by atoms with Gasteiger partial charge in [-0.25, -0.2) is 0 Å². The minimum Gasteiger partial charge on any atom is -0.496 e. The topological polar surface area (TPSA) is 21.3 Å². The summed E-state index contributed by atoms with van der Waals surface area (Å²) in [7, 11) is 1.75. The molecule has 0 amide bonds. The number of nitrogens with one attached hydrogen (secondary N) is 1. The highest BCUT2D eigenvalue weighted by molar-refractivity contribution is 7.13. The van der Waals surface area contributed by atoms with Crippen molar-refractivity contribution in [2.24, 2.45) is 0 Å². The van der Waals surface area contributed by atoms with Gasteiger partial charge in [0.15, 0.2) is 0 Å². The Labute approximate surface area is 105 Å². The van der Waals surface area contributed by atoms with E-state index in [1.54, 1.807) is 18.4 Å². The fraction of sp³-hybridized carbons (Fsp3) is 0.286. The van der Waals surface area contributed by atoms with Crippen LogP contribution in [-0.4, -0.2) is 13.7 Å². The van der Waals surface area contributed by atoms with Crippen LogP contribution < -0.4 is 10.1 Å². The molecular formula is C14H15NOS. The van der Waals surface area contributed by atoms with Crippen LogP contribution in [-0.2, 0) is 13.0 Å². The van der Waals surface area contributed by atoms with Crippen LogP contribution in [0.5, 0.6) is 5.75 Å². The first-order chi connectivity index (χ1) is 8.40. The maximum atomic E-state index is 5.51. The lowest BCUT2D eigenvalue weighted by atomic mass is 9.94. The highest BCUT2D eigenvalue weighted by Crippen LogP contribution is 2.38. The van der Waals surface area contributed by atoms with Crippen molar-refractivity contribution in [3.8, 4) is 16.2 Å². The molecule has 0 aliphatic carbocycles. The molecule has 1 N–H and O–H groups in total. The summed E-state index contributed by atoms with van der Waals surface area (Å²) in [5.74, 6) is 0.981. The maximum Gasteiger partial charge on any atom is 0.127 e. The minimum absolute atomic E-state index is 0.944. The number of hydrogen-bond donors (Lipinski definition) is 1. The van der Waals surface area contributed by atoms with Crippen molar-refractivity contribution < 1.29 is 4.74 Å². The molecule has 1 aromatic carbocycles. The van der Waals surface area contributed by atoms with E-state index in [0.29, 0.717) is 0 Å². The average molecular weight is 245 g/mol. The van der Waals surface area contributed by atoms with E-state index < -0.39 is 0 Å². The third kappa shape index (κ3) is 1.85.